The number of piperazine rings is 1. The highest BCUT2D eigenvalue weighted by Crippen LogP contribution is 2.25. The number of carbonyl (C=O) groups excluding carboxylic acids is 3. The number of benzene rings is 1. The SMILES string of the molecule is CCC1C(=O)NCCN1C(=O)c1ccc2c(c1)NC(=O)C2. The molecule has 1 aromatic carbocycles. The zero-order chi connectivity index (χ0) is 15.0. The van der Waals surface area contributed by atoms with Gasteiger partial charge in [-0.25, -0.2) is 0 Å². The fraction of sp³-hybridized carbons (Fsp3) is 0.400. The normalized spacial score (nSPS) is 20.8. The predicted octanol–water partition coefficient (Wildman–Crippen LogP) is 0.532. The van der Waals surface area contributed by atoms with E-state index in [-0.39, 0.29) is 17.7 Å². The van der Waals surface area contributed by atoms with Gasteiger partial charge in [0.1, 0.15) is 6.04 Å². The molecule has 0 bridgehead atoms. The molecule has 0 aromatic heterocycles. The van der Waals surface area contributed by atoms with Crippen LogP contribution < -0.4 is 10.6 Å². The summed E-state index contributed by atoms with van der Waals surface area (Å²) in [5, 5.41) is 5.52. The molecule has 110 valence electrons. The van der Waals surface area contributed by atoms with Gasteiger partial charge in [-0.1, -0.05) is 13.0 Å². The van der Waals surface area contributed by atoms with Crippen LogP contribution >= 0.6 is 0 Å². The molecule has 21 heavy (non-hydrogen) atoms. The van der Waals surface area contributed by atoms with Crippen LogP contribution in [0.4, 0.5) is 5.69 Å². The lowest BCUT2D eigenvalue weighted by Crippen LogP contribution is -2.56. The number of carbonyl (C=O) groups is 3. The van der Waals surface area contributed by atoms with Crippen LogP contribution in [0.2, 0.25) is 0 Å². The smallest absolute Gasteiger partial charge is 0.254 e. The predicted molar refractivity (Wildman–Crippen MR) is 76.9 cm³/mol. The molecule has 0 saturated carbocycles. The highest BCUT2D eigenvalue weighted by atomic mass is 16.2. The van der Waals surface area contributed by atoms with E-state index in [0.29, 0.717) is 37.2 Å². The Labute approximate surface area is 122 Å². The summed E-state index contributed by atoms with van der Waals surface area (Å²) in [5.74, 6) is -0.328. The lowest BCUT2D eigenvalue weighted by atomic mass is 10.0. The van der Waals surface area contributed by atoms with Crippen molar-refractivity contribution in [1.82, 2.24) is 10.2 Å². The Bertz CT molecular complexity index is 627. The van der Waals surface area contributed by atoms with Crippen molar-refractivity contribution in [2.24, 2.45) is 0 Å². The second-order valence-corrected chi connectivity index (χ2v) is 5.31. The van der Waals surface area contributed by atoms with Crippen molar-refractivity contribution < 1.29 is 14.4 Å². The van der Waals surface area contributed by atoms with Crippen molar-refractivity contribution in [2.45, 2.75) is 25.8 Å². The van der Waals surface area contributed by atoms with Gasteiger partial charge in [0.25, 0.3) is 5.91 Å². The number of hydrogen-bond acceptors (Lipinski definition) is 3. The molecule has 1 unspecified atom stereocenters. The standard InChI is InChI=1S/C15H17N3O3/c1-2-12-14(20)16-5-6-18(12)15(21)10-4-3-9-8-13(19)17-11(9)7-10/h3-4,7,12H,2,5-6,8H2,1H3,(H,16,20)(H,17,19). The highest BCUT2D eigenvalue weighted by Gasteiger charge is 2.32. The number of nitrogens with one attached hydrogen (secondary N) is 2. The Kier molecular flexibility index (Phi) is 3.37. The third-order valence-corrected chi connectivity index (χ3v) is 3.96. The minimum absolute atomic E-state index is 0.0571. The summed E-state index contributed by atoms with van der Waals surface area (Å²) in [6.07, 6.45) is 0.937. The van der Waals surface area contributed by atoms with E-state index in [4.69, 9.17) is 0 Å². The van der Waals surface area contributed by atoms with Crippen LogP contribution in [-0.4, -0.2) is 41.8 Å². The quantitative estimate of drug-likeness (QED) is 0.833. The van der Waals surface area contributed by atoms with Gasteiger partial charge in [-0.2, -0.15) is 0 Å². The van der Waals surface area contributed by atoms with E-state index in [2.05, 4.69) is 10.6 Å². The van der Waals surface area contributed by atoms with E-state index < -0.39 is 6.04 Å². The first-order valence-corrected chi connectivity index (χ1v) is 7.11. The maximum absolute atomic E-state index is 12.6. The Morgan fingerprint density at radius 2 is 2.19 bits per heavy atom. The molecule has 6 nitrogen and oxygen atoms in total. The van der Waals surface area contributed by atoms with Gasteiger partial charge in [0.15, 0.2) is 0 Å². The summed E-state index contributed by atoms with van der Waals surface area (Å²) in [5.41, 5.74) is 2.10. The molecular weight excluding hydrogens is 270 g/mol. The van der Waals surface area contributed by atoms with E-state index in [1.165, 1.54) is 0 Å². The number of amides is 3. The largest absolute Gasteiger partial charge is 0.353 e. The maximum atomic E-state index is 12.6. The van der Waals surface area contributed by atoms with Gasteiger partial charge in [0, 0.05) is 24.3 Å². The van der Waals surface area contributed by atoms with Gasteiger partial charge >= 0.3 is 0 Å². The number of nitrogens with zero attached hydrogens (tertiary/aromatic N) is 1. The van der Waals surface area contributed by atoms with Crippen LogP contribution in [0.25, 0.3) is 0 Å². The Morgan fingerprint density at radius 1 is 1.38 bits per heavy atom. The summed E-state index contributed by atoms with van der Waals surface area (Å²) < 4.78 is 0. The topological polar surface area (TPSA) is 78.5 Å². The molecule has 1 atom stereocenters. The molecule has 2 heterocycles. The van der Waals surface area contributed by atoms with E-state index in [1.54, 1.807) is 23.1 Å². The zero-order valence-corrected chi connectivity index (χ0v) is 11.8. The fourth-order valence-corrected chi connectivity index (χ4v) is 2.88. The molecule has 0 spiro atoms. The van der Waals surface area contributed by atoms with E-state index in [1.807, 2.05) is 6.92 Å². The van der Waals surface area contributed by atoms with Gasteiger partial charge in [-0.15, -0.1) is 0 Å². The van der Waals surface area contributed by atoms with Crippen molar-refractivity contribution in [2.75, 3.05) is 18.4 Å². The molecule has 2 N–H and O–H groups in total. The molecule has 1 aromatic rings. The Morgan fingerprint density at radius 3 is 2.95 bits per heavy atom. The van der Waals surface area contributed by atoms with Crippen molar-refractivity contribution in [3.63, 3.8) is 0 Å². The van der Waals surface area contributed by atoms with Crippen LogP contribution in [0.15, 0.2) is 18.2 Å². The minimum Gasteiger partial charge on any atom is -0.353 e. The van der Waals surface area contributed by atoms with Crippen LogP contribution in [0.3, 0.4) is 0 Å². The van der Waals surface area contributed by atoms with Crippen LogP contribution in [0, 0.1) is 0 Å². The summed E-state index contributed by atoms with van der Waals surface area (Å²) in [6.45, 7) is 2.87. The van der Waals surface area contributed by atoms with Gasteiger partial charge in [0.05, 0.1) is 6.42 Å². The molecular formula is C15H17N3O3. The lowest BCUT2D eigenvalue weighted by Gasteiger charge is -2.34. The van der Waals surface area contributed by atoms with Crippen molar-refractivity contribution in [3.05, 3.63) is 29.3 Å². The number of anilines is 1. The first-order valence-electron chi connectivity index (χ1n) is 7.11. The summed E-state index contributed by atoms with van der Waals surface area (Å²) in [4.78, 5) is 37.4. The second-order valence-electron chi connectivity index (χ2n) is 5.31. The van der Waals surface area contributed by atoms with Crippen molar-refractivity contribution in [3.8, 4) is 0 Å². The average Bonchev–Trinajstić information content (AvgIpc) is 2.85. The minimum atomic E-state index is -0.422. The summed E-state index contributed by atoms with van der Waals surface area (Å²) >= 11 is 0. The van der Waals surface area contributed by atoms with Crippen molar-refractivity contribution in [1.29, 1.82) is 0 Å². The first-order chi connectivity index (χ1) is 10.1. The fourth-order valence-electron chi connectivity index (χ4n) is 2.88. The third-order valence-electron chi connectivity index (χ3n) is 3.96. The number of hydrogen-bond donors (Lipinski definition) is 2. The van der Waals surface area contributed by atoms with Crippen LogP contribution in [0.5, 0.6) is 0 Å². The highest BCUT2D eigenvalue weighted by molar-refractivity contribution is 6.03. The average molecular weight is 287 g/mol. The van der Waals surface area contributed by atoms with Crippen LogP contribution in [-0.2, 0) is 16.0 Å². The van der Waals surface area contributed by atoms with Crippen molar-refractivity contribution >= 4 is 23.4 Å². The van der Waals surface area contributed by atoms with E-state index in [9.17, 15) is 14.4 Å². The molecule has 0 aliphatic carbocycles. The van der Waals surface area contributed by atoms with Gasteiger partial charge in [-0.3, -0.25) is 14.4 Å². The Hall–Kier alpha value is -2.37. The van der Waals surface area contributed by atoms with Gasteiger partial charge in [0.2, 0.25) is 11.8 Å². The van der Waals surface area contributed by atoms with Gasteiger partial charge in [-0.05, 0) is 24.1 Å². The van der Waals surface area contributed by atoms with E-state index >= 15 is 0 Å². The van der Waals surface area contributed by atoms with Gasteiger partial charge < -0.3 is 15.5 Å². The molecule has 0 radical (unpaired) electrons. The summed E-state index contributed by atoms with van der Waals surface area (Å²) in [6, 6.07) is 4.79. The molecule has 2 aliphatic rings. The maximum Gasteiger partial charge on any atom is 0.254 e. The third kappa shape index (κ3) is 2.37. The number of rotatable bonds is 2. The zero-order valence-electron chi connectivity index (χ0n) is 11.8. The van der Waals surface area contributed by atoms with Crippen LogP contribution in [0.1, 0.15) is 29.3 Å². The molecule has 1 saturated heterocycles. The van der Waals surface area contributed by atoms with E-state index in [0.717, 1.165) is 5.56 Å². The molecule has 1 fully saturated rings. The second kappa shape index (κ2) is 5.20. The lowest BCUT2D eigenvalue weighted by molar-refractivity contribution is -0.127. The molecule has 3 rings (SSSR count). The molecule has 2 aliphatic heterocycles. The molecule has 3 amide bonds. The first kappa shape index (κ1) is 13.6. The monoisotopic (exact) mass is 287 g/mol. The molecule has 6 heteroatoms. The Balaban J connectivity index is 1.86. The summed E-state index contributed by atoms with van der Waals surface area (Å²) in [7, 11) is 0. The number of fused-ring (bicyclic) bond motifs is 1.